The summed E-state index contributed by atoms with van der Waals surface area (Å²) in [5.41, 5.74) is 2.70. The lowest BCUT2D eigenvalue weighted by molar-refractivity contribution is 0.0690. The number of rotatable bonds is 4. The lowest BCUT2D eigenvalue weighted by atomic mass is 10.0. The average Bonchev–Trinajstić information content (AvgIpc) is 2.62. The van der Waals surface area contributed by atoms with Crippen molar-refractivity contribution in [2.45, 2.75) is 25.8 Å². The van der Waals surface area contributed by atoms with Gasteiger partial charge in [0.1, 0.15) is 0 Å². The third-order valence-corrected chi connectivity index (χ3v) is 4.60. The Bertz CT molecular complexity index is 780. The van der Waals surface area contributed by atoms with E-state index in [1.807, 2.05) is 0 Å². The number of benzene rings is 2. The fourth-order valence-corrected chi connectivity index (χ4v) is 3.24. The Morgan fingerprint density at radius 3 is 2.36 bits per heavy atom. The van der Waals surface area contributed by atoms with Crippen molar-refractivity contribution in [1.29, 1.82) is 0 Å². The molecule has 130 valence electrons. The summed E-state index contributed by atoms with van der Waals surface area (Å²) in [5.74, 6) is -1.40. The van der Waals surface area contributed by atoms with Crippen LogP contribution in [-0.4, -0.2) is 36.1 Å². The number of anilines is 1. The van der Waals surface area contributed by atoms with Gasteiger partial charge in [-0.15, -0.1) is 0 Å². The number of carboxylic acids is 1. The normalized spacial score (nSPS) is 15.0. The van der Waals surface area contributed by atoms with Crippen molar-refractivity contribution in [2.75, 3.05) is 18.0 Å². The van der Waals surface area contributed by atoms with Crippen molar-refractivity contribution < 1.29 is 14.7 Å². The molecule has 1 heterocycles. The van der Waals surface area contributed by atoms with Gasteiger partial charge in [0.15, 0.2) is 0 Å². The van der Waals surface area contributed by atoms with Crippen LogP contribution in [0.5, 0.6) is 0 Å². The van der Waals surface area contributed by atoms with Gasteiger partial charge in [0.25, 0.3) is 5.91 Å². The molecule has 25 heavy (non-hydrogen) atoms. The SMILES string of the molecule is Cc1cccc(N2CCC(NC(=O)c3ccccc3C(=O)O)CC2)c1. The number of hydrogen-bond acceptors (Lipinski definition) is 3. The highest BCUT2D eigenvalue weighted by molar-refractivity contribution is 6.04. The molecule has 2 aromatic carbocycles. The molecule has 1 saturated heterocycles. The summed E-state index contributed by atoms with van der Waals surface area (Å²) in [6.07, 6.45) is 1.68. The Kier molecular flexibility index (Phi) is 5.03. The minimum Gasteiger partial charge on any atom is -0.478 e. The maximum atomic E-state index is 12.4. The third-order valence-electron chi connectivity index (χ3n) is 4.60. The third kappa shape index (κ3) is 3.99. The molecule has 1 amide bonds. The second-order valence-electron chi connectivity index (χ2n) is 6.42. The van der Waals surface area contributed by atoms with Crippen molar-refractivity contribution in [1.82, 2.24) is 5.32 Å². The van der Waals surface area contributed by atoms with Gasteiger partial charge < -0.3 is 15.3 Å². The van der Waals surface area contributed by atoms with E-state index in [-0.39, 0.29) is 23.1 Å². The molecule has 1 aliphatic rings. The van der Waals surface area contributed by atoms with Crippen molar-refractivity contribution in [2.24, 2.45) is 0 Å². The van der Waals surface area contributed by atoms with E-state index >= 15 is 0 Å². The Balaban J connectivity index is 1.61. The first-order valence-corrected chi connectivity index (χ1v) is 8.49. The zero-order valence-electron chi connectivity index (χ0n) is 14.2. The van der Waals surface area contributed by atoms with Crippen LogP contribution < -0.4 is 10.2 Å². The monoisotopic (exact) mass is 338 g/mol. The van der Waals surface area contributed by atoms with Crippen LogP contribution in [0.2, 0.25) is 0 Å². The van der Waals surface area contributed by atoms with Gasteiger partial charge in [0, 0.05) is 24.8 Å². The number of amides is 1. The van der Waals surface area contributed by atoms with Crippen LogP contribution in [0.25, 0.3) is 0 Å². The molecule has 0 unspecified atom stereocenters. The molecule has 0 bridgehead atoms. The lowest BCUT2D eigenvalue weighted by Crippen LogP contribution is -2.45. The molecule has 5 nitrogen and oxygen atoms in total. The molecule has 0 radical (unpaired) electrons. The van der Waals surface area contributed by atoms with Gasteiger partial charge in [0.2, 0.25) is 0 Å². The van der Waals surface area contributed by atoms with E-state index in [0.717, 1.165) is 25.9 Å². The van der Waals surface area contributed by atoms with Gasteiger partial charge in [-0.3, -0.25) is 4.79 Å². The summed E-state index contributed by atoms with van der Waals surface area (Å²) in [6.45, 7) is 3.82. The Morgan fingerprint density at radius 1 is 1.04 bits per heavy atom. The first-order chi connectivity index (χ1) is 12.0. The molecule has 2 N–H and O–H groups in total. The zero-order chi connectivity index (χ0) is 17.8. The zero-order valence-corrected chi connectivity index (χ0v) is 14.2. The van der Waals surface area contributed by atoms with Gasteiger partial charge >= 0.3 is 5.97 Å². The molecule has 2 aromatic rings. The highest BCUT2D eigenvalue weighted by Crippen LogP contribution is 2.21. The van der Waals surface area contributed by atoms with Gasteiger partial charge in [-0.2, -0.15) is 0 Å². The number of carbonyl (C=O) groups is 2. The van der Waals surface area contributed by atoms with E-state index in [0.29, 0.717) is 0 Å². The highest BCUT2D eigenvalue weighted by Gasteiger charge is 2.23. The lowest BCUT2D eigenvalue weighted by Gasteiger charge is -2.34. The van der Waals surface area contributed by atoms with Crippen molar-refractivity contribution in [3.05, 3.63) is 65.2 Å². The molecule has 0 atom stereocenters. The second kappa shape index (κ2) is 7.38. The highest BCUT2D eigenvalue weighted by atomic mass is 16.4. The van der Waals surface area contributed by atoms with E-state index in [4.69, 9.17) is 0 Å². The maximum absolute atomic E-state index is 12.4. The summed E-state index contributed by atoms with van der Waals surface area (Å²) < 4.78 is 0. The van der Waals surface area contributed by atoms with Crippen LogP contribution >= 0.6 is 0 Å². The van der Waals surface area contributed by atoms with Gasteiger partial charge in [0.05, 0.1) is 11.1 Å². The van der Waals surface area contributed by atoms with Crippen molar-refractivity contribution >= 4 is 17.6 Å². The quantitative estimate of drug-likeness (QED) is 0.899. The number of piperidine rings is 1. The van der Waals surface area contributed by atoms with Gasteiger partial charge in [-0.1, -0.05) is 24.3 Å². The Hall–Kier alpha value is -2.82. The predicted molar refractivity (Wildman–Crippen MR) is 97.3 cm³/mol. The number of hydrogen-bond donors (Lipinski definition) is 2. The van der Waals surface area contributed by atoms with E-state index in [1.54, 1.807) is 18.2 Å². The summed E-state index contributed by atoms with van der Waals surface area (Å²) in [7, 11) is 0. The summed E-state index contributed by atoms with van der Waals surface area (Å²) in [5, 5.41) is 12.2. The van der Waals surface area contributed by atoms with E-state index < -0.39 is 5.97 Å². The largest absolute Gasteiger partial charge is 0.478 e. The molecule has 1 fully saturated rings. The molecule has 0 aliphatic carbocycles. The number of carbonyl (C=O) groups excluding carboxylic acids is 1. The minimum atomic E-state index is -1.08. The van der Waals surface area contributed by atoms with Crippen molar-refractivity contribution in [3.63, 3.8) is 0 Å². The molecule has 0 spiro atoms. The summed E-state index contributed by atoms with van der Waals surface area (Å²) in [6, 6.07) is 14.8. The first-order valence-electron chi connectivity index (χ1n) is 8.49. The molecule has 3 rings (SSSR count). The molecule has 0 saturated carbocycles. The van der Waals surface area contributed by atoms with E-state index in [1.165, 1.54) is 17.3 Å². The number of nitrogens with zero attached hydrogens (tertiary/aromatic N) is 1. The standard InChI is InChI=1S/C20H22N2O3/c1-14-5-4-6-16(13-14)22-11-9-15(10-12-22)21-19(23)17-7-2-3-8-18(17)20(24)25/h2-8,13,15H,9-12H2,1H3,(H,21,23)(H,24,25). The number of carboxylic acid groups (broad SMARTS) is 1. The summed E-state index contributed by atoms with van der Waals surface area (Å²) >= 11 is 0. The minimum absolute atomic E-state index is 0.0391. The van der Waals surface area contributed by atoms with Gasteiger partial charge in [-0.05, 0) is 49.6 Å². The van der Waals surface area contributed by atoms with Crippen molar-refractivity contribution in [3.8, 4) is 0 Å². The van der Waals surface area contributed by atoms with Gasteiger partial charge in [-0.25, -0.2) is 4.79 Å². The van der Waals surface area contributed by atoms with E-state index in [2.05, 4.69) is 41.4 Å². The van der Waals surface area contributed by atoms with Crippen LogP contribution in [0, 0.1) is 6.92 Å². The van der Waals surface area contributed by atoms with Crippen LogP contribution in [0.15, 0.2) is 48.5 Å². The fourth-order valence-electron chi connectivity index (χ4n) is 3.24. The average molecular weight is 338 g/mol. The molecular weight excluding hydrogens is 316 g/mol. The Morgan fingerprint density at radius 2 is 1.72 bits per heavy atom. The van der Waals surface area contributed by atoms with Crippen LogP contribution in [0.3, 0.4) is 0 Å². The Labute approximate surface area is 147 Å². The molecule has 0 aromatic heterocycles. The fraction of sp³-hybridized carbons (Fsp3) is 0.300. The van der Waals surface area contributed by atoms with Crippen LogP contribution in [0.1, 0.15) is 39.1 Å². The number of aryl methyl sites for hydroxylation is 1. The molecule has 5 heteroatoms. The topological polar surface area (TPSA) is 69.6 Å². The molecule has 1 aliphatic heterocycles. The summed E-state index contributed by atoms with van der Waals surface area (Å²) in [4.78, 5) is 26.0. The smallest absolute Gasteiger partial charge is 0.336 e. The number of nitrogens with one attached hydrogen (secondary N) is 1. The van der Waals surface area contributed by atoms with E-state index in [9.17, 15) is 14.7 Å². The van der Waals surface area contributed by atoms with Crippen LogP contribution in [-0.2, 0) is 0 Å². The maximum Gasteiger partial charge on any atom is 0.336 e. The first kappa shape index (κ1) is 17.0. The molecular formula is C20H22N2O3. The van der Waals surface area contributed by atoms with Crippen LogP contribution in [0.4, 0.5) is 5.69 Å². The second-order valence-corrected chi connectivity index (χ2v) is 6.42. The predicted octanol–water partition coefficient (Wildman–Crippen LogP) is 3.09. The number of aromatic carboxylic acids is 1.